The molecule has 0 aliphatic rings. The Kier molecular flexibility index (Phi) is 4.04. The van der Waals surface area contributed by atoms with Crippen LogP contribution >= 0.6 is 0 Å². The Morgan fingerprint density at radius 3 is 2.52 bits per heavy atom. The Morgan fingerprint density at radius 1 is 0.920 bits per heavy atom. The molecular weight excluding hydrogens is 319 g/mol. The van der Waals surface area contributed by atoms with Crippen LogP contribution < -0.4 is 5.32 Å². The van der Waals surface area contributed by atoms with Crippen molar-refractivity contribution in [2.24, 2.45) is 0 Å². The summed E-state index contributed by atoms with van der Waals surface area (Å²) in [6.45, 7) is 0.747. The summed E-state index contributed by atoms with van der Waals surface area (Å²) in [5.74, 6) is 1.02. The lowest BCUT2D eigenvalue weighted by Crippen LogP contribution is -2.08. The molecule has 0 spiro atoms. The third-order valence-corrected chi connectivity index (χ3v) is 3.83. The predicted molar refractivity (Wildman–Crippen MR) is 92.6 cm³/mol. The molecule has 7 heteroatoms. The van der Waals surface area contributed by atoms with Crippen LogP contribution in [-0.4, -0.2) is 31.3 Å². The molecule has 0 aliphatic carbocycles. The van der Waals surface area contributed by atoms with Crippen molar-refractivity contribution in [3.63, 3.8) is 0 Å². The van der Waals surface area contributed by atoms with Gasteiger partial charge in [-0.15, -0.1) is 15.3 Å². The van der Waals surface area contributed by atoms with E-state index in [4.69, 9.17) is 0 Å². The highest BCUT2D eigenvalue weighted by molar-refractivity contribution is 5.59. The summed E-state index contributed by atoms with van der Waals surface area (Å²) in [7, 11) is 0. The van der Waals surface area contributed by atoms with Crippen LogP contribution in [-0.2, 0) is 6.42 Å². The molecule has 0 radical (unpaired) electrons. The van der Waals surface area contributed by atoms with Crippen LogP contribution in [0.4, 0.5) is 10.2 Å². The van der Waals surface area contributed by atoms with Gasteiger partial charge in [0.1, 0.15) is 11.6 Å². The Morgan fingerprint density at radius 2 is 1.72 bits per heavy atom. The number of hydrogen-bond acceptors (Lipinski definition) is 5. The molecule has 25 heavy (non-hydrogen) atoms. The van der Waals surface area contributed by atoms with E-state index in [9.17, 15) is 4.39 Å². The minimum absolute atomic E-state index is 0.288. The first-order valence-corrected chi connectivity index (χ1v) is 7.91. The van der Waals surface area contributed by atoms with E-state index < -0.39 is 0 Å². The largest absolute Gasteiger partial charge is 0.368 e. The molecule has 3 aromatic heterocycles. The van der Waals surface area contributed by atoms with Crippen LogP contribution in [0.1, 0.15) is 5.56 Å². The van der Waals surface area contributed by atoms with Crippen molar-refractivity contribution in [1.29, 1.82) is 0 Å². The molecule has 0 atom stereocenters. The maximum atomic E-state index is 13.1. The van der Waals surface area contributed by atoms with Gasteiger partial charge in [-0.3, -0.25) is 4.98 Å². The molecule has 0 aliphatic heterocycles. The summed E-state index contributed by atoms with van der Waals surface area (Å²) in [5, 5.41) is 16.1. The van der Waals surface area contributed by atoms with Gasteiger partial charge in [0.15, 0.2) is 11.5 Å². The highest BCUT2D eigenvalue weighted by Crippen LogP contribution is 2.18. The zero-order valence-corrected chi connectivity index (χ0v) is 13.3. The zero-order chi connectivity index (χ0) is 17.1. The fraction of sp³-hybridized carbons (Fsp3) is 0.111. The van der Waals surface area contributed by atoms with Crippen LogP contribution in [0.25, 0.3) is 17.0 Å². The number of pyridine rings is 1. The van der Waals surface area contributed by atoms with Crippen molar-refractivity contribution in [1.82, 2.24) is 24.8 Å². The quantitative estimate of drug-likeness (QED) is 0.608. The fourth-order valence-corrected chi connectivity index (χ4v) is 2.55. The van der Waals surface area contributed by atoms with Crippen molar-refractivity contribution < 1.29 is 4.39 Å². The molecule has 4 rings (SSSR count). The van der Waals surface area contributed by atoms with Gasteiger partial charge in [-0.05, 0) is 60.5 Å². The van der Waals surface area contributed by atoms with Gasteiger partial charge in [0.05, 0.1) is 0 Å². The molecule has 3 heterocycles. The first kappa shape index (κ1) is 15.2. The number of anilines is 1. The van der Waals surface area contributed by atoms with Gasteiger partial charge in [0.2, 0.25) is 0 Å². The lowest BCUT2D eigenvalue weighted by atomic mass is 10.2. The number of aromatic nitrogens is 5. The second-order valence-electron chi connectivity index (χ2n) is 5.55. The molecule has 0 unspecified atom stereocenters. The monoisotopic (exact) mass is 334 g/mol. The minimum atomic E-state index is -0.288. The molecule has 4 aromatic rings. The van der Waals surface area contributed by atoms with Crippen molar-refractivity contribution in [3.8, 4) is 11.4 Å². The van der Waals surface area contributed by atoms with E-state index in [0.29, 0.717) is 11.5 Å². The molecule has 6 nitrogen and oxygen atoms in total. The molecule has 1 aromatic carbocycles. The van der Waals surface area contributed by atoms with Crippen LogP contribution in [0.15, 0.2) is 60.9 Å². The average molecular weight is 334 g/mol. The normalized spacial score (nSPS) is 10.9. The zero-order valence-electron chi connectivity index (χ0n) is 13.3. The third-order valence-electron chi connectivity index (χ3n) is 3.83. The summed E-state index contributed by atoms with van der Waals surface area (Å²) in [6.07, 6.45) is 4.44. The van der Waals surface area contributed by atoms with Crippen molar-refractivity contribution in [2.45, 2.75) is 6.42 Å². The Labute approximate surface area is 143 Å². The molecule has 0 amide bonds. The molecule has 0 saturated heterocycles. The molecule has 0 bridgehead atoms. The highest BCUT2D eigenvalue weighted by atomic mass is 19.1. The van der Waals surface area contributed by atoms with E-state index in [1.165, 1.54) is 17.7 Å². The summed E-state index contributed by atoms with van der Waals surface area (Å²) < 4.78 is 14.8. The minimum Gasteiger partial charge on any atom is -0.368 e. The van der Waals surface area contributed by atoms with Crippen molar-refractivity contribution in [2.75, 3.05) is 11.9 Å². The van der Waals surface area contributed by atoms with E-state index in [0.717, 1.165) is 24.3 Å². The molecular formula is C18H15FN6. The maximum absolute atomic E-state index is 13.1. The van der Waals surface area contributed by atoms with Crippen LogP contribution in [0.2, 0.25) is 0 Å². The second kappa shape index (κ2) is 6.64. The first-order chi connectivity index (χ1) is 12.3. The number of fused-ring (bicyclic) bond motifs is 1. The highest BCUT2D eigenvalue weighted by Gasteiger charge is 2.10. The Balaban J connectivity index is 1.55. The lowest BCUT2D eigenvalue weighted by molar-refractivity contribution is 0.628. The standard InChI is InChI=1S/C18H15FN6/c19-15-3-1-14(2-4-15)18-23-22-17-6-5-16(24-25(17)18)21-12-9-13-7-10-20-11-8-13/h1-8,10-11H,9,12H2,(H,21,24). The number of rotatable bonds is 5. The lowest BCUT2D eigenvalue weighted by Gasteiger charge is -2.06. The maximum Gasteiger partial charge on any atom is 0.185 e. The smallest absolute Gasteiger partial charge is 0.185 e. The number of nitrogens with one attached hydrogen (secondary N) is 1. The molecule has 124 valence electrons. The summed E-state index contributed by atoms with van der Waals surface area (Å²) in [4.78, 5) is 4.01. The molecule has 0 fully saturated rings. The van der Waals surface area contributed by atoms with Gasteiger partial charge >= 0.3 is 0 Å². The average Bonchev–Trinajstić information content (AvgIpc) is 3.07. The number of benzene rings is 1. The first-order valence-electron chi connectivity index (χ1n) is 7.91. The number of hydrogen-bond donors (Lipinski definition) is 1. The van der Waals surface area contributed by atoms with Gasteiger partial charge in [-0.2, -0.15) is 4.52 Å². The van der Waals surface area contributed by atoms with Gasteiger partial charge in [0.25, 0.3) is 0 Å². The SMILES string of the molecule is Fc1ccc(-c2nnc3ccc(NCCc4ccncc4)nn23)cc1. The topological polar surface area (TPSA) is 68.0 Å². The predicted octanol–water partition coefficient (Wildman–Crippen LogP) is 2.98. The number of halogens is 1. The molecule has 0 saturated carbocycles. The van der Waals surface area contributed by atoms with E-state index >= 15 is 0 Å². The van der Waals surface area contributed by atoms with E-state index in [1.54, 1.807) is 29.0 Å². The summed E-state index contributed by atoms with van der Waals surface area (Å²) in [5.41, 5.74) is 2.61. The van der Waals surface area contributed by atoms with Crippen LogP contribution in [0, 0.1) is 5.82 Å². The van der Waals surface area contributed by atoms with Gasteiger partial charge in [-0.1, -0.05) is 0 Å². The van der Waals surface area contributed by atoms with Gasteiger partial charge < -0.3 is 5.32 Å². The Bertz CT molecular complexity index is 982. The van der Waals surface area contributed by atoms with Crippen LogP contribution in [0.5, 0.6) is 0 Å². The van der Waals surface area contributed by atoms with E-state index in [-0.39, 0.29) is 5.82 Å². The fourth-order valence-electron chi connectivity index (χ4n) is 2.55. The van der Waals surface area contributed by atoms with Crippen molar-refractivity contribution >= 4 is 11.5 Å². The molecule has 1 N–H and O–H groups in total. The van der Waals surface area contributed by atoms with Crippen molar-refractivity contribution in [3.05, 3.63) is 72.3 Å². The second-order valence-corrected chi connectivity index (χ2v) is 5.55. The van der Waals surface area contributed by atoms with Gasteiger partial charge in [-0.25, -0.2) is 4.39 Å². The van der Waals surface area contributed by atoms with Crippen LogP contribution in [0.3, 0.4) is 0 Å². The van der Waals surface area contributed by atoms with Gasteiger partial charge in [0, 0.05) is 24.5 Å². The summed E-state index contributed by atoms with van der Waals surface area (Å²) in [6, 6.07) is 13.8. The third kappa shape index (κ3) is 3.30. The van der Waals surface area contributed by atoms with E-state index in [1.807, 2.05) is 24.3 Å². The van der Waals surface area contributed by atoms with E-state index in [2.05, 4.69) is 25.6 Å². The number of nitrogens with zero attached hydrogens (tertiary/aromatic N) is 5. The Hall–Kier alpha value is -3.35. The summed E-state index contributed by atoms with van der Waals surface area (Å²) >= 11 is 0.